The van der Waals surface area contributed by atoms with Crippen molar-refractivity contribution in [1.29, 1.82) is 0 Å². The summed E-state index contributed by atoms with van der Waals surface area (Å²) in [5.74, 6) is 0.985. The summed E-state index contributed by atoms with van der Waals surface area (Å²) < 4.78 is 0. The van der Waals surface area contributed by atoms with Gasteiger partial charge in [-0.3, -0.25) is 0 Å². The number of aromatic amines is 1. The number of nitrogens with zero attached hydrogens (tertiary/aromatic N) is 1. The van der Waals surface area contributed by atoms with Crippen LogP contribution in [0.3, 0.4) is 0 Å². The predicted molar refractivity (Wildman–Crippen MR) is 90.1 cm³/mol. The van der Waals surface area contributed by atoms with Gasteiger partial charge in [0.25, 0.3) is 0 Å². The molecule has 0 bridgehead atoms. The van der Waals surface area contributed by atoms with Crippen LogP contribution in [0.5, 0.6) is 0 Å². The maximum atomic E-state index is 6.22. The number of benzene rings is 1. The van der Waals surface area contributed by atoms with Crippen molar-refractivity contribution in [3.05, 3.63) is 46.0 Å². The Balaban J connectivity index is 2.08. The molecule has 0 spiro atoms. The second kappa shape index (κ2) is 7.51. The molecule has 0 aliphatic carbocycles. The highest BCUT2D eigenvalue weighted by Crippen LogP contribution is 2.23. The van der Waals surface area contributed by atoms with E-state index in [9.17, 15) is 0 Å². The van der Waals surface area contributed by atoms with Gasteiger partial charge < -0.3 is 10.3 Å². The van der Waals surface area contributed by atoms with Crippen LogP contribution in [0.4, 0.5) is 5.69 Å². The minimum atomic E-state index is 0.584. The number of rotatable bonds is 7. The summed E-state index contributed by atoms with van der Waals surface area (Å²) in [6.45, 7) is 7.15. The van der Waals surface area contributed by atoms with E-state index < -0.39 is 0 Å². The number of aryl methyl sites for hydroxylation is 3. The maximum Gasteiger partial charge on any atom is 0.152 e. The van der Waals surface area contributed by atoms with Gasteiger partial charge in [-0.15, -0.1) is 0 Å². The number of H-pyrrole nitrogens is 1. The van der Waals surface area contributed by atoms with Gasteiger partial charge in [0.05, 0.1) is 12.2 Å². The highest BCUT2D eigenvalue weighted by molar-refractivity contribution is 6.30. The summed E-state index contributed by atoms with van der Waals surface area (Å²) in [6, 6.07) is 6.39. The molecule has 0 saturated heterocycles. The van der Waals surface area contributed by atoms with Gasteiger partial charge in [-0.25, -0.2) is 4.98 Å². The zero-order valence-electron chi connectivity index (χ0n) is 13.1. The summed E-state index contributed by atoms with van der Waals surface area (Å²) in [5.41, 5.74) is 4.77. The average molecular weight is 306 g/mol. The zero-order chi connectivity index (χ0) is 15.2. The highest BCUT2D eigenvalue weighted by atomic mass is 35.5. The second-order valence-electron chi connectivity index (χ2n) is 5.37. The smallest absolute Gasteiger partial charge is 0.152 e. The molecule has 0 unspecified atom stereocenters. The summed E-state index contributed by atoms with van der Waals surface area (Å²) in [5, 5.41) is 4.09. The lowest BCUT2D eigenvalue weighted by Crippen LogP contribution is -2.05. The molecule has 21 heavy (non-hydrogen) atoms. The molecule has 0 saturated carbocycles. The number of unbranched alkanes of at least 4 members (excludes halogenated alkanes) is 1. The number of hydrogen-bond acceptors (Lipinski definition) is 2. The van der Waals surface area contributed by atoms with Crippen molar-refractivity contribution in [2.75, 3.05) is 5.32 Å². The minimum absolute atomic E-state index is 0.584. The summed E-state index contributed by atoms with van der Waals surface area (Å²) in [7, 11) is 0. The Morgan fingerprint density at radius 1 is 1.29 bits per heavy atom. The third-order valence-corrected chi connectivity index (χ3v) is 4.04. The molecule has 114 valence electrons. The van der Waals surface area contributed by atoms with Crippen LogP contribution in [0.2, 0.25) is 5.15 Å². The zero-order valence-corrected chi connectivity index (χ0v) is 13.8. The van der Waals surface area contributed by atoms with Crippen LogP contribution in [0.25, 0.3) is 0 Å². The number of halogens is 1. The first-order chi connectivity index (χ1) is 10.2. The van der Waals surface area contributed by atoms with Gasteiger partial charge in [-0.2, -0.15) is 0 Å². The Hall–Kier alpha value is -1.48. The third kappa shape index (κ3) is 4.01. The van der Waals surface area contributed by atoms with Crippen LogP contribution in [-0.2, 0) is 19.4 Å². The van der Waals surface area contributed by atoms with Crippen molar-refractivity contribution in [3.63, 3.8) is 0 Å². The number of nitrogens with one attached hydrogen (secondary N) is 2. The second-order valence-corrected chi connectivity index (χ2v) is 5.73. The average Bonchev–Trinajstić information content (AvgIpc) is 2.83. The van der Waals surface area contributed by atoms with E-state index in [1.807, 2.05) is 0 Å². The molecule has 0 amide bonds. The van der Waals surface area contributed by atoms with Gasteiger partial charge in [0, 0.05) is 12.1 Å². The first-order valence-electron chi connectivity index (χ1n) is 7.71. The Labute approximate surface area is 132 Å². The molecule has 2 aromatic rings. The molecule has 0 fully saturated rings. The van der Waals surface area contributed by atoms with Crippen LogP contribution in [0, 0.1) is 6.92 Å². The predicted octanol–water partition coefficient (Wildman–Crippen LogP) is 4.89. The lowest BCUT2D eigenvalue weighted by Gasteiger charge is -2.13. The Morgan fingerprint density at radius 2 is 2.10 bits per heavy atom. The molecule has 3 nitrogen and oxygen atoms in total. The molecule has 2 rings (SSSR count). The van der Waals surface area contributed by atoms with E-state index in [1.54, 1.807) is 0 Å². The molecule has 4 heteroatoms. The monoisotopic (exact) mass is 305 g/mol. The van der Waals surface area contributed by atoms with E-state index >= 15 is 0 Å². The van der Waals surface area contributed by atoms with Gasteiger partial charge in [-0.05, 0) is 30.9 Å². The van der Waals surface area contributed by atoms with E-state index in [1.165, 1.54) is 16.8 Å². The maximum absolute atomic E-state index is 6.22. The number of imidazole rings is 1. The van der Waals surface area contributed by atoms with Gasteiger partial charge >= 0.3 is 0 Å². The molecule has 1 aromatic heterocycles. The van der Waals surface area contributed by atoms with Crippen LogP contribution in [0.1, 0.15) is 49.3 Å². The largest absolute Gasteiger partial charge is 0.379 e. The highest BCUT2D eigenvalue weighted by Gasteiger charge is 2.09. The molecular formula is C17H24ClN3. The molecule has 0 radical (unpaired) electrons. The van der Waals surface area contributed by atoms with Crippen molar-refractivity contribution in [2.45, 2.75) is 53.0 Å². The molecule has 1 aromatic carbocycles. The van der Waals surface area contributed by atoms with Crippen molar-refractivity contribution in [2.24, 2.45) is 0 Å². The number of anilines is 1. The fourth-order valence-corrected chi connectivity index (χ4v) is 2.69. The summed E-state index contributed by atoms with van der Waals surface area (Å²) in [6.07, 6.45) is 4.27. The SMILES string of the molecule is CCCCc1nc(Cl)c(CNc2c(C)cccc2CC)[nH]1. The van der Waals surface area contributed by atoms with Crippen molar-refractivity contribution < 1.29 is 0 Å². The molecule has 0 atom stereocenters. The van der Waals surface area contributed by atoms with Gasteiger partial charge in [0.15, 0.2) is 5.15 Å². The van der Waals surface area contributed by atoms with Crippen molar-refractivity contribution in [3.8, 4) is 0 Å². The Bertz CT molecular complexity index is 590. The van der Waals surface area contributed by atoms with Crippen molar-refractivity contribution in [1.82, 2.24) is 9.97 Å². The fraction of sp³-hybridized carbons (Fsp3) is 0.471. The third-order valence-electron chi connectivity index (χ3n) is 3.73. The molecular weight excluding hydrogens is 282 g/mol. The fourth-order valence-electron chi connectivity index (χ4n) is 2.47. The molecule has 0 aliphatic heterocycles. The molecule has 0 aliphatic rings. The van der Waals surface area contributed by atoms with E-state index in [4.69, 9.17) is 11.6 Å². The topological polar surface area (TPSA) is 40.7 Å². The van der Waals surface area contributed by atoms with E-state index in [0.29, 0.717) is 11.7 Å². The van der Waals surface area contributed by atoms with Gasteiger partial charge in [0.2, 0.25) is 0 Å². The van der Waals surface area contributed by atoms with Gasteiger partial charge in [-0.1, -0.05) is 50.1 Å². The molecule has 1 heterocycles. The first kappa shape index (κ1) is 15.9. The first-order valence-corrected chi connectivity index (χ1v) is 8.09. The van der Waals surface area contributed by atoms with Crippen molar-refractivity contribution >= 4 is 17.3 Å². The van der Waals surface area contributed by atoms with Crippen LogP contribution in [-0.4, -0.2) is 9.97 Å². The normalized spacial score (nSPS) is 10.9. The summed E-state index contributed by atoms with van der Waals surface area (Å²) >= 11 is 6.22. The van der Waals surface area contributed by atoms with Crippen LogP contribution < -0.4 is 5.32 Å². The number of hydrogen-bond donors (Lipinski definition) is 2. The van der Waals surface area contributed by atoms with Crippen LogP contribution >= 0.6 is 11.6 Å². The minimum Gasteiger partial charge on any atom is -0.379 e. The van der Waals surface area contributed by atoms with E-state index in [0.717, 1.165) is 37.2 Å². The van der Waals surface area contributed by atoms with E-state index in [2.05, 4.69) is 54.3 Å². The Morgan fingerprint density at radius 3 is 2.81 bits per heavy atom. The Kier molecular flexibility index (Phi) is 5.68. The standard InChI is InChI=1S/C17H24ClN3/c1-4-6-10-15-20-14(17(18)21-15)11-19-16-12(3)8-7-9-13(16)5-2/h7-9,19H,4-6,10-11H2,1-3H3,(H,20,21). The van der Waals surface area contributed by atoms with E-state index in [-0.39, 0.29) is 0 Å². The lowest BCUT2D eigenvalue weighted by atomic mass is 10.1. The molecule has 2 N–H and O–H groups in total. The number of aromatic nitrogens is 2. The number of para-hydroxylation sites is 1. The van der Waals surface area contributed by atoms with Gasteiger partial charge in [0.1, 0.15) is 5.82 Å². The summed E-state index contributed by atoms with van der Waals surface area (Å²) in [4.78, 5) is 7.73. The quantitative estimate of drug-likeness (QED) is 0.764. The lowest BCUT2D eigenvalue weighted by molar-refractivity contribution is 0.760. The van der Waals surface area contributed by atoms with Crippen LogP contribution in [0.15, 0.2) is 18.2 Å².